The van der Waals surface area contributed by atoms with E-state index in [0.29, 0.717) is 17.4 Å². The number of rotatable bonds is 2. The van der Waals surface area contributed by atoms with Crippen LogP contribution in [0.15, 0.2) is 11.4 Å². The highest BCUT2D eigenvalue weighted by atomic mass is 32.1. The molecule has 3 heteroatoms. The molecule has 0 amide bonds. The average Bonchev–Trinajstić information content (AvgIpc) is 2.89. The first kappa shape index (κ1) is 15.5. The lowest BCUT2D eigenvalue weighted by atomic mass is 9.62. The fraction of sp³-hybridized carbons (Fsp3) is 0.778. The van der Waals surface area contributed by atoms with Gasteiger partial charge in [-0.25, -0.2) is 0 Å². The van der Waals surface area contributed by atoms with E-state index >= 15 is 0 Å². The molecular weight excluding hydrogens is 276 g/mol. The SMILES string of the molecule is CC1c2ccsc2CCN1C1(CN)CCC(C)(C)CC1C. The lowest BCUT2D eigenvalue weighted by Gasteiger charge is -2.56. The Balaban J connectivity index is 1.91. The summed E-state index contributed by atoms with van der Waals surface area (Å²) in [5.41, 5.74) is 8.60. The molecule has 3 unspecified atom stereocenters. The highest BCUT2D eigenvalue weighted by Gasteiger charge is 2.49. The van der Waals surface area contributed by atoms with Gasteiger partial charge in [0.1, 0.15) is 0 Å². The van der Waals surface area contributed by atoms with Gasteiger partial charge in [-0.05, 0) is 60.9 Å². The van der Waals surface area contributed by atoms with E-state index in [1.807, 2.05) is 11.3 Å². The van der Waals surface area contributed by atoms with Crippen LogP contribution in [0.25, 0.3) is 0 Å². The highest BCUT2D eigenvalue weighted by molar-refractivity contribution is 7.10. The zero-order valence-corrected chi connectivity index (χ0v) is 14.8. The van der Waals surface area contributed by atoms with Gasteiger partial charge >= 0.3 is 0 Å². The zero-order valence-electron chi connectivity index (χ0n) is 14.0. The molecule has 0 spiro atoms. The van der Waals surface area contributed by atoms with E-state index in [-0.39, 0.29) is 5.54 Å². The fourth-order valence-corrected chi connectivity index (χ4v) is 5.85. The summed E-state index contributed by atoms with van der Waals surface area (Å²) in [5, 5.41) is 2.26. The Morgan fingerprint density at radius 2 is 2.10 bits per heavy atom. The predicted molar refractivity (Wildman–Crippen MR) is 91.7 cm³/mol. The monoisotopic (exact) mass is 306 g/mol. The summed E-state index contributed by atoms with van der Waals surface area (Å²) in [7, 11) is 0. The Kier molecular flexibility index (Phi) is 3.96. The molecule has 1 fully saturated rings. The van der Waals surface area contributed by atoms with Crippen molar-refractivity contribution in [3.8, 4) is 0 Å². The Hall–Kier alpha value is -0.380. The van der Waals surface area contributed by atoms with Crippen LogP contribution < -0.4 is 5.73 Å². The molecule has 2 N–H and O–H groups in total. The van der Waals surface area contributed by atoms with Crippen LogP contribution in [0.5, 0.6) is 0 Å². The third-order valence-electron chi connectivity index (χ3n) is 6.21. The van der Waals surface area contributed by atoms with Gasteiger partial charge in [0.2, 0.25) is 0 Å². The van der Waals surface area contributed by atoms with Crippen LogP contribution in [0.3, 0.4) is 0 Å². The molecule has 2 heterocycles. The lowest BCUT2D eigenvalue weighted by Crippen LogP contribution is -2.62. The van der Waals surface area contributed by atoms with Gasteiger partial charge in [0.25, 0.3) is 0 Å². The molecule has 1 aliphatic heterocycles. The summed E-state index contributed by atoms with van der Waals surface area (Å²) in [6, 6.07) is 2.85. The molecule has 2 nitrogen and oxygen atoms in total. The summed E-state index contributed by atoms with van der Waals surface area (Å²) < 4.78 is 0. The molecule has 3 rings (SSSR count). The van der Waals surface area contributed by atoms with Crippen LogP contribution in [0.1, 0.15) is 63.4 Å². The normalized spacial score (nSPS) is 36.4. The first-order chi connectivity index (χ1) is 9.89. The van der Waals surface area contributed by atoms with Crippen molar-refractivity contribution in [2.24, 2.45) is 17.1 Å². The number of hydrogen-bond donors (Lipinski definition) is 1. The molecule has 1 aromatic heterocycles. The lowest BCUT2D eigenvalue weighted by molar-refractivity contribution is -0.0470. The third-order valence-corrected chi connectivity index (χ3v) is 7.21. The van der Waals surface area contributed by atoms with Crippen molar-refractivity contribution in [1.29, 1.82) is 0 Å². The van der Waals surface area contributed by atoms with Crippen molar-refractivity contribution in [1.82, 2.24) is 4.90 Å². The van der Waals surface area contributed by atoms with E-state index in [9.17, 15) is 0 Å². The number of nitrogens with zero attached hydrogens (tertiary/aromatic N) is 1. The summed E-state index contributed by atoms with van der Waals surface area (Å²) in [6.07, 6.45) is 5.05. The third kappa shape index (κ3) is 2.47. The van der Waals surface area contributed by atoms with Gasteiger partial charge in [-0.15, -0.1) is 11.3 Å². The number of fused-ring (bicyclic) bond motifs is 1. The maximum Gasteiger partial charge on any atom is 0.0363 e. The summed E-state index contributed by atoms with van der Waals surface area (Å²) >= 11 is 1.93. The Bertz CT molecular complexity index is 507. The average molecular weight is 307 g/mol. The first-order valence-electron chi connectivity index (χ1n) is 8.43. The quantitative estimate of drug-likeness (QED) is 0.887. The van der Waals surface area contributed by atoms with Crippen molar-refractivity contribution in [3.63, 3.8) is 0 Å². The summed E-state index contributed by atoms with van der Waals surface area (Å²) in [6.45, 7) is 11.6. The molecule has 1 aromatic rings. The van der Waals surface area contributed by atoms with Crippen molar-refractivity contribution < 1.29 is 0 Å². The van der Waals surface area contributed by atoms with Gasteiger partial charge in [-0.1, -0.05) is 20.8 Å². The van der Waals surface area contributed by atoms with Gasteiger partial charge in [-0.3, -0.25) is 4.90 Å². The minimum Gasteiger partial charge on any atom is -0.329 e. The Labute approximate surface area is 133 Å². The second-order valence-electron chi connectivity index (χ2n) is 8.00. The van der Waals surface area contributed by atoms with Crippen LogP contribution >= 0.6 is 11.3 Å². The van der Waals surface area contributed by atoms with Crippen molar-refractivity contribution in [2.45, 2.75) is 65.0 Å². The fourth-order valence-electron chi connectivity index (χ4n) is 4.89. The Morgan fingerprint density at radius 3 is 2.76 bits per heavy atom. The van der Waals surface area contributed by atoms with Gasteiger partial charge < -0.3 is 5.73 Å². The minimum atomic E-state index is 0.203. The van der Waals surface area contributed by atoms with Crippen molar-refractivity contribution >= 4 is 11.3 Å². The van der Waals surface area contributed by atoms with Gasteiger partial charge in [0.15, 0.2) is 0 Å². The summed E-state index contributed by atoms with van der Waals surface area (Å²) in [4.78, 5) is 4.34. The van der Waals surface area contributed by atoms with E-state index in [4.69, 9.17) is 5.73 Å². The molecule has 2 aliphatic rings. The molecule has 118 valence electrons. The topological polar surface area (TPSA) is 29.3 Å². The number of thiophene rings is 1. The van der Waals surface area contributed by atoms with E-state index < -0.39 is 0 Å². The van der Waals surface area contributed by atoms with Crippen LogP contribution in [0.4, 0.5) is 0 Å². The molecule has 0 aromatic carbocycles. The number of hydrogen-bond acceptors (Lipinski definition) is 3. The van der Waals surface area contributed by atoms with Crippen LogP contribution in [0, 0.1) is 11.3 Å². The maximum absolute atomic E-state index is 6.37. The van der Waals surface area contributed by atoms with Crippen molar-refractivity contribution in [3.05, 3.63) is 21.9 Å². The number of nitrogens with two attached hydrogens (primary N) is 1. The molecule has 0 bridgehead atoms. The second-order valence-corrected chi connectivity index (χ2v) is 9.00. The highest BCUT2D eigenvalue weighted by Crippen LogP contribution is 2.49. The largest absolute Gasteiger partial charge is 0.329 e. The van der Waals surface area contributed by atoms with Gasteiger partial charge in [0, 0.05) is 29.5 Å². The summed E-state index contributed by atoms with van der Waals surface area (Å²) in [5.74, 6) is 0.675. The van der Waals surface area contributed by atoms with E-state index in [2.05, 4.69) is 44.0 Å². The van der Waals surface area contributed by atoms with Crippen molar-refractivity contribution in [2.75, 3.05) is 13.1 Å². The van der Waals surface area contributed by atoms with E-state index in [1.54, 1.807) is 10.4 Å². The molecule has 3 atom stereocenters. The predicted octanol–water partition coefficient (Wildman–Crippen LogP) is 4.21. The van der Waals surface area contributed by atoms with Crippen LogP contribution in [-0.4, -0.2) is 23.5 Å². The molecule has 1 saturated carbocycles. The molecule has 0 saturated heterocycles. The molecule has 1 aliphatic carbocycles. The first-order valence-corrected chi connectivity index (χ1v) is 9.31. The van der Waals surface area contributed by atoms with Crippen LogP contribution in [0.2, 0.25) is 0 Å². The van der Waals surface area contributed by atoms with E-state index in [0.717, 1.165) is 6.54 Å². The molecule has 21 heavy (non-hydrogen) atoms. The second kappa shape index (κ2) is 5.36. The van der Waals surface area contributed by atoms with Gasteiger partial charge in [0.05, 0.1) is 0 Å². The van der Waals surface area contributed by atoms with Gasteiger partial charge in [-0.2, -0.15) is 0 Å². The molecule has 0 radical (unpaired) electrons. The van der Waals surface area contributed by atoms with E-state index in [1.165, 1.54) is 32.2 Å². The zero-order chi connectivity index (χ0) is 15.3. The molecular formula is C18H30N2S. The van der Waals surface area contributed by atoms with Crippen LogP contribution in [-0.2, 0) is 6.42 Å². The minimum absolute atomic E-state index is 0.203. The standard InChI is InChI=1S/C18H30N2S/c1-13-11-17(3,4)7-8-18(13,12-19)20-9-5-16-15(14(20)2)6-10-21-16/h6,10,13-14H,5,7-9,11-12,19H2,1-4H3. The maximum atomic E-state index is 6.37. The Morgan fingerprint density at radius 1 is 1.33 bits per heavy atom. The smallest absolute Gasteiger partial charge is 0.0363 e.